The van der Waals surface area contributed by atoms with Crippen molar-refractivity contribution in [2.45, 2.75) is 0 Å². The van der Waals surface area contributed by atoms with Gasteiger partial charge >= 0.3 is 5.97 Å². The first-order valence-corrected chi connectivity index (χ1v) is 5.95. The molecule has 0 spiro atoms. The summed E-state index contributed by atoms with van der Waals surface area (Å²) in [6.45, 7) is 0. The van der Waals surface area contributed by atoms with Gasteiger partial charge in [0.25, 0.3) is 5.56 Å². The Balaban J connectivity index is 2.50. The van der Waals surface area contributed by atoms with Crippen LogP contribution in [0, 0.1) is 5.82 Å². The zero-order chi connectivity index (χ0) is 14.0. The minimum Gasteiger partial charge on any atom is -0.465 e. The number of aromatic nitrogens is 2. The first kappa shape index (κ1) is 13.4. The number of hydrogen-bond acceptors (Lipinski definition) is 4. The highest BCUT2D eigenvalue weighted by Crippen LogP contribution is 2.25. The highest BCUT2D eigenvalue weighted by molar-refractivity contribution is 9.10. The Morgan fingerprint density at radius 2 is 2.21 bits per heavy atom. The number of esters is 1. The Morgan fingerprint density at radius 1 is 1.47 bits per heavy atom. The van der Waals surface area contributed by atoms with Gasteiger partial charge in [-0.15, -0.1) is 0 Å². The lowest BCUT2D eigenvalue weighted by Gasteiger charge is -2.04. The van der Waals surface area contributed by atoms with Crippen LogP contribution in [-0.4, -0.2) is 23.0 Å². The van der Waals surface area contributed by atoms with Crippen LogP contribution in [0.15, 0.2) is 33.7 Å². The Kier molecular flexibility index (Phi) is 3.75. The molecule has 0 aliphatic rings. The number of carbonyl (C=O) groups excluding carboxylic acids is 1. The molecular weight excluding hydrogens is 319 g/mol. The van der Waals surface area contributed by atoms with Crippen molar-refractivity contribution in [3.8, 4) is 11.4 Å². The van der Waals surface area contributed by atoms with E-state index in [4.69, 9.17) is 0 Å². The van der Waals surface area contributed by atoms with Gasteiger partial charge in [0, 0.05) is 16.2 Å². The van der Waals surface area contributed by atoms with Crippen LogP contribution in [0.4, 0.5) is 4.39 Å². The third-order valence-electron chi connectivity index (χ3n) is 2.39. The van der Waals surface area contributed by atoms with Gasteiger partial charge in [0.15, 0.2) is 0 Å². The number of halogens is 2. The zero-order valence-corrected chi connectivity index (χ0v) is 11.3. The fourth-order valence-electron chi connectivity index (χ4n) is 1.47. The van der Waals surface area contributed by atoms with E-state index in [9.17, 15) is 14.0 Å². The van der Waals surface area contributed by atoms with Gasteiger partial charge in [-0.25, -0.2) is 14.2 Å². The Morgan fingerprint density at radius 3 is 2.79 bits per heavy atom. The zero-order valence-electron chi connectivity index (χ0n) is 9.74. The van der Waals surface area contributed by atoms with Gasteiger partial charge in [0.1, 0.15) is 17.2 Å². The summed E-state index contributed by atoms with van der Waals surface area (Å²) in [4.78, 5) is 29.4. The summed E-state index contributed by atoms with van der Waals surface area (Å²) in [5.74, 6) is -0.952. The van der Waals surface area contributed by atoms with Crippen molar-refractivity contribution >= 4 is 21.9 Å². The molecule has 2 rings (SSSR count). The van der Waals surface area contributed by atoms with E-state index < -0.39 is 17.3 Å². The fraction of sp³-hybridized carbons (Fsp3) is 0.0833. The number of nitrogens with one attached hydrogen (secondary N) is 1. The minimum absolute atomic E-state index is 0.190. The van der Waals surface area contributed by atoms with Crippen molar-refractivity contribution in [3.63, 3.8) is 0 Å². The van der Waals surface area contributed by atoms with Crippen LogP contribution in [0.5, 0.6) is 0 Å². The number of hydrogen-bond donors (Lipinski definition) is 1. The monoisotopic (exact) mass is 326 g/mol. The maximum atomic E-state index is 13.0. The summed E-state index contributed by atoms with van der Waals surface area (Å²) >= 11 is 3.18. The van der Waals surface area contributed by atoms with Crippen LogP contribution in [0.2, 0.25) is 0 Å². The molecule has 1 N–H and O–H groups in total. The lowest BCUT2D eigenvalue weighted by molar-refractivity contribution is 0.0598. The molecule has 1 aromatic heterocycles. The molecule has 0 amide bonds. The summed E-state index contributed by atoms with van der Waals surface area (Å²) in [5, 5.41) is 0. The smallest absolute Gasteiger partial charge is 0.345 e. The number of ether oxygens (including phenoxy) is 1. The Labute approximate surface area is 115 Å². The number of rotatable bonds is 2. The molecule has 1 heterocycles. The van der Waals surface area contributed by atoms with Crippen molar-refractivity contribution < 1.29 is 13.9 Å². The van der Waals surface area contributed by atoms with Crippen LogP contribution in [0.3, 0.4) is 0 Å². The van der Waals surface area contributed by atoms with Gasteiger partial charge in [0.2, 0.25) is 0 Å². The third-order valence-corrected chi connectivity index (χ3v) is 3.05. The van der Waals surface area contributed by atoms with Crippen LogP contribution in [-0.2, 0) is 4.74 Å². The quantitative estimate of drug-likeness (QED) is 0.858. The predicted octanol–water partition coefficient (Wildman–Crippen LogP) is 2.13. The van der Waals surface area contributed by atoms with Gasteiger partial charge in [0.05, 0.1) is 7.11 Å². The lowest BCUT2D eigenvalue weighted by atomic mass is 10.2. The molecule has 0 saturated heterocycles. The van der Waals surface area contributed by atoms with E-state index >= 15 is 0 Å². The largest absolute Gasteiger partial charge is 0.465 e. The number of nitrogens with zero attached hydrogens (tertiary/aromatic N) is 1. The van der Waals surface area contributed by atoms with E-state index in [2.05, 4.69) is 30.6 Å². The molecule has 98 valence electrons. The molecule has 0 bridgehead atoms. The van der Waals surface area contributed by atoms with Gasteiger partial charge in [-0.05, 0) is 34.1 Å². The normalized spacial score (nSPS) is 10.3. The van der Waals surface area contributed by atoms with Crippen molar-refractivity contribution in [1.29, 1.82) is 0 Å². The molecule has 5 nitrogen and oxygen atoms in total. The molecule has 0 fully saturated rings. The summed E-state index contributed by atoms with van der Waals surface area (Å²) in [7, 11) is 1.17. The second-order valence-electron chi connectivity index (χ2n) is 3.59. The summed E-state index contributed by atoms with van der Waals surface area (Å²) in [6.07, 6.45) is 1.12. The minimum atomic E-state index is -0.765. The van der Waals surface area contributed by atoms with Crippen LogP contribution >= 0.6 is 15.9 Å². The molecule has 0 saturated carbocycles. The average molecular weight is 327 g/mol. The highest BCUT2D eigenvalue weighted by Gasteiger charge is 2.13. The van der Waals surface area contributed by atoms with Crippen molar-refractivity contribution in [2.24, 2.45) is 0 Å². The van der Waals surface area contributed by atoms with Gasteiger partial charge < -0.3 is 9.72 Å². The van der Waals surface area contributed by atoms with E-state index in [0.29, 0.717) is 10.0 Å². The Bertz CT molecular complexity index is 700. The summed E-state index contributed by atoms with van der Waals surface area (Å²) in [5.41, 5.74) is -0.299. The van der Waals surface area contributed by atoms with Crippen molar-refractivity contribution in [3.05, 3.63) is 50.6 Å². The van der Waals surface area contributed by atoms with Crippen LogP contribution < -0.4 is 5.56 Å². The van der Waals surface area contributed by atoms with Gasteiger partial charge in [-0.3, -0.25) is 4.79 Å². The number of carbonyl (C=O) groups is 1. The number of benzene rings is 1. The van der Waals surface area contributed by atoms with Crippen LogP contribution in [0.25, 0.3) is 11.4 Å². The van der Waals surface area contributed by atoms with Crippen LogP contribution in [0.1, 0.15) is 10.4 Å². The number of H-pyrrole nitrogens is 1. The summed E-state index contributed by atoms with van der Waals surface area (Å²) < 4.78 is 17.9. The summed E-state index contributed by atoms with van der Waals surface area (Å²) in [6, 6.07) is 3.97. The van der Waals surface area contributed by atoms with E-state index in [1.807, 2.05) is 0 Å². The van der Waals surface area contributed by atoms with Gasteiger partial charge in [-0.2, -0.15) is 0 Å². The highest BCUT2D eigenvalue weighted by atomic mass is 79.9. The fourth-order valence-corrected chi connectivity index (χ4v) is 2.01. The molecule has 0 atom stereocenters. The Hall–Kier alpha value is -2.02. The lowest BCUT2D eigenvalue weighted by Crippen LogP contribution is -2.20. The van der Waals surface area contributed by atoms with Crippen molar-refractivity contribution in [2.75, 3.05) is 7.11 Å². The van der Waals surface area contributed by atoms with E-state index in [1.165, 1.54) is 25.3 Å². The van der Waals surface area contributed by atoms with E-state index in [0.717, 1.165) is 6.20 Å². The standard InChI is InChI=1S/C12H8BrFN2O3/c1-19-12(18)8-5-15-10(16-11(8)17)7-3-2-6(14)4-9(7)13/h2-5H,1H3,(H,15,16,17). The SMILES string of the molecule is COC(=O)c1cnc(-c2ccc(F)cc2Br)[nH]c1=O. The molecule has 0 unspecified atom stereocenters. The maximum Gasteiger partial charge on any atom is 0.345 e. The molecule has 7 heteroatoms. The van der Waals surface area contributed by atoms with E-state index in [1.54, 1.807) is 0 Å². The molecule has 0 aliphatic heterocycles. The number of methoxy groups -OCH3 is 1. The first-order valence-electron chi connectivity index (χ1n) is 5.16. The molecule has 0 radical (unpaired) electrons. The molecule has 2 aromatic rings. The molecular formula is C12H8BrFN2O3. The second-order valence-corrected chi connectivity index (χ2v) is 4.44. The molecule has 19 heavy (non-hydrogen) atoms. The topological polar surface area (TPSA) is 72.0 Å². The molecule has 0 aliphatic carbocycles. The van der Waals surface area contributed by atoms with E-state index in [-0.39, 0.29) is 11.4 Å². The second kappa shape index (κ2) is 5.31. The predicted molar refractivity (Wildman–Crippen MR) is 69.3 cm³/mol. The average Bonchev–Trinajstić information content (AvgIpc) is 2.37. The number of aromatic amines is 1. The third kappa shape index (κ3) is 2.70. The van der Waals surface area contributed by atoms with Crippen molar-refractivity contribution in [1.82, 2.24) is 9.97 Å². The van der Waals surface area contributed by atoms with Gasteiger partial charge in [-0.1, -0.05) is 0 Å². The maximum absolute atomic E-state index is 13.0. The molecule has 1 aromatic carbocycles. The first-order chi connectivity index (χ1) is 9.02.